The van der Waals surface area contributed by atoms with E-state index in [4.69, 9.17) is 14.7 Å². The molecular formula is C30H33FN6O5S. The zero-order valence-electron chi connectivity index (χ0n) is 24.4. The first-order valence-electron chi connectivity index (χ1n) is 14.0. The lowest BCUT2D eigenvalue weighted by molar-refractivity contribution is -0.130. The Morgan fingerprint density at radius 1 is 1.33 bits per heavy atom. The molecule has 43 heavy (non-hydrogen) atoms. The van der Waals surface area contributed by atoms with E-state index in [-0.39, 0.29) is 31.0 Å². The number of benzene rings is 1. The van der Waals surface area contributed by atoms with E-state index < -0.39 is 34.6 Å². The van der Waals surface area contributed by atoms with Crippen molar-refractivity contribution in [2.75, 3.05) is 13.7 Å². The Hall–Kier alpha value is -4.28. The summed E-state index contributed by atoms with van der Waals surface area (Å²) in [4.78, 5) is 42.4. The number of nitriles is 1. The molecule has 3 aromatic heterocycles. The van der Waals surface area contributed by atoms with Gasteiger partial charge in [0, 0.05) is 29.6 Å². The Balaban J connectivity index is 1.74. The van der Waals surface area contributed by atoms with E-state index in [1.54, 1.807) is 43.9 Å². The van der Waals surface area contributed by atoms with Crippen molar-refractivity contribution < 1.29 is 18.7 Å². The molecule has 0 bridgehead atoms. The van der Waals surface area contributed by atoms with Crippen molar-refractivity contribution in [2.45, 2.75) is 70.7 Å². The summed E-state index contributed by atoms with van der Waals surface area (Å²) in [5.74, 6) is -0.634. The lowest BCUT2D eigenvalue weighted by Gasteiger charge is -2.32. The quantitative estimate of drug-likeness (QED) is 0.255. The third kappa shape index (κ3) is 5.60. The number of rotatable bonds is 11. The van der Waals surface area contributed by atoms with Gasteiger partial charge in [0.25, 0.3) is 5.56 Å². The number of ether oxygens (including phenoxy) is 2. The number of amides is 1. The maximum atomic E-state index is 14.5. The number of halogens is 1. The van der Waals surface area contributed by atoms with Crippen LogP contribution in [0.5, 0.6) is 5.75 Å². The molecule has 13 heteroatoms. The highest BCUT2D eigenvalue weighted by Gasteiger charge is 2.37. The SMILES string of the molecule is COc1ccc(F)cc1[C@H](Cn1c(=O)n(C(C)(C)C(=O)NC2CCC2)c(=O)c2c(C)c(-n3cccn3)sc21)OCCC#N. The van der Waals surface area contributed by atoms with Crippen LogP contribution in [0.1, 0.15) is 56.8 Å². The normalized spacial score (nSPS) is 14.3. The summed E-state index contributed by atoms with van der Waals surface area (Å²) in [5.41, 5.74) is -1.92. The second-order valence-electron chi connectivity index (χ2n) is 11.0. The highest BCUT2D eigenvalue weighted by Crippen LogP contribution is 2.34. The number of nitrogens with zero attached hydrogens (tertiary/aromatic N) is 5. The van der Waals surface area contributed by atoms with Gasteiger partial charge < -0.3 is 14.8 Å². The van der Waals surface area contributed by atoms with E-state index >= 15 is 0 Å². The minimum atomic E-state index is -1.53. The largest absolute Gasteiger partial charge is 0.496 e. The van der Waals surface area contributed by atoms with Crippen molar-refractivity contribution >= 4 is 27.5 Å². The fourth-order valence-corrected chi connectivity index (χ4v) is 6.47. The molecule has 11 nitrogen and oxygen atoms in total. The van der Waals surface area contributed by atoms with Crippen molar-refractivity contribution in [3.05, 3.63) is 74.4 Å². The fourth-order valence-electron chi connectivity index (χ4n) is 5.22. The Morgan fingerprint density at radius 3 is 2.72 bits per heavy atom. The second-order valence-corrected chi connectivity index (χ2v) is 12.0. The van der Waals surface area contributed by atoms with Gasteiger partial charge in [-0.15, -0.1) is 0 Å². The first-order valence-corrected chi connectivity index (χ1v) is 14.8. The summed E-state index contributed by atoms with van der Waals surface area (Å²) in [7, 11) is 1.44. The zero-order valence-corrected chi connectivity index (χ0v) is 25.2. The molecule has 1 aliphatic rings. The van der Waals surface area contributed by atoms with Gasteiger partial charge in [0.2, 0.25) is 5.91 Å². The second kappa shape index (κ2) is 12.1. The number of hydrogen-bond acceptors (Lipinski definition) is 8. The predicted molar refractivity (Wildman–Crippen MR) is 159 cm³/mol. The van der Waals surface area contributed by atoms with Crippen LogP contribution in [0.2, 0.25) is 0 Å². The van der Waals surface area contributed by atoms with Crippen molar-refractivity contribution in [2.24, 2.45) is 0 Å². The molecule has 1 fully saturated rings. The number of aryl methyl sites for hydroxylation is 1. The number of carbonyl (C=O) groups excluding carboxylic acids is 1. The van der Waals surface area contributed by atoms with Crippen LogP contribution >= 0.6 is 11.3 Å². The molecule has 1 aromatic carbocycles. The van der Waals surface area contributed by atoms with Gasteiger partial charge >= 0.3 is 5.69 Å². The number of aromatic nitrogens is 4. The van der Waals surface area contributed by atoms with Gasteiger partial charge in [0.1, 0.15) is 33.0 Å². The van der Waals surface area contributed by atoms with Crippen LogP contribution in [-0.4, -0.2) is 44.6 Å². The van der Waals surface area contributed by atoms with Crippen molar-refractivity contribution in [3.63, 3.8) is 0 Å². The molecule has 3 heterocycles. The third-order valence-electron chi connectivity index (χ3n) is 7.87. The smallest absolute Gasteiger partial charge is 0.333 e. The van der Waals surface area contributed by atoms with Gasteiger partial charge in [-0.3, -0.25) is 14.2 Å². The summed E-state index contributed by atoms with van der Waals surface area (Å²) in [6.45, 7) is 4.73. The van der Waals surface area contributed by atoms with Crippen molar-refractivity contribution in [1.29, 1.82) is 5.26 Å². The van der Waals surface area contributed by atoms with E-state index in [1.807, 2.05) is 6.07 Å². The van der Waals surface area contributed by atoms with Gasteiger partial charge in [0.05, 0.1) is 38.1 Å². The molecule has 0 saturated heterocycles. The van der Waals surface area contributed by atoms with Gasteiger partial charge in [-0.05, 0) is 64.3 Å². The Labute approximate surface area is 251 Å². The van der Waals surface area contributed by atoms with E-state index in [0.717, 1.165) is 23.8 Å². The van der Waals surface area contributed by atoms with Crippen LogP contribution in [0, 0.1) is 24.1 Å². The minimum absolute atomic E-state index is 0.00101. The highest BCUT2D eigenvalue weighted by molar-refractivity contribution is 7.21. The molecule has 1 aliphatic carbocycles. The van der Waals surface area contributed by atoms with Crippen LogP contribution in [0.3, 0.4) is 0 Å². The summed E-state index contributed by atoms with van der Waals surface area (Å²) in [5, 5.41) is 17.3. The van der Waals surface area contributed by atoms with Crippen LogP contribution in [0.4, 0.5) is 4.39 Å². The first kappa shape index (κ1) is 30.2. The molecule has 1 saturated carbocycles. The minimum Gasteiger partial charge on any atom is -0.496 e. The molecule has 0 aliphatic heterocycles. The molecule has 226 valence electrons. The lowest BCUT2D eigenvalue weighted by Crippen LogP contribution is -2.57. The Bertz CT molecular complexity index is 1810. The van der Waals surface area contributed by atoms with E-state index in [0.29, 0.717) is 26.7 Å². The average Bonchev–Trinajstić information content (AvgIpc) is 3.60. The molecule has 1 N–H and O–H groups in total. The topological polar surface area (TPSA) is 133 Å². The maximum Gasteiger partial charge on any atom is 0.333 e. The van der Waals surface area contributed by atoms with Crippen LogP contribution < -0.4 is 21.3 Å². The molecular weight excluding hydrogens is 575 g/mol. The van der Waals surface area contributed by atoms with Crippen LogP contribution in [0.25, 0.3) is 15.2 Å². The monoisotopic (exact) mass is 608 g/mol. The molecule has 1 amide bonds. The number of hydrogen-bond donors (Lipinski definition) is 1. The Kier molecular flexibility index (Phi) is 8.52. The van der Waals surface area contributed by atoms with Crippen LogP contribution in [0.15, 0.2) is 46.2 Å². The summed E-state index contributed by atoms with van der Waals surface area (Å²) in [6.07, 6.45) is 5.16. The van der Waals surface area contributed by atoms with Gasteiger partial charge in [0.15, 0.2) is 0 Å². The van der Waals surface area contributed by atoms with Crippen LogP contribution in [-0.2, 0) is 21.6 Å². The molecule has 0 radical (unpaired) electrons. The van der Waals surface area contributed by atoms with E-state index in [1.165, 1.54) is 41.2 Å². The third-order valence-corrected chi connectivity index (χ3v) is 9.18. The van der Waals surface area contributed by atoms with E-state index in [2.05, 4.69) is 10.4 Å². The number of thiophene rings is 1. The number of methoxy groups -OCH3 is 1. The fraction of sp³-hybridized carbons (Fsp3) is 0.433. The standard InChI is InChI=1S/C30H33FN6O5S/c1-18-24-25(38)37(30(2,3)28(39)34-20-8-5-9-20)29(40)35(27(24)43-26(18)36-14-7-13-33-36)17-23(42-15-6-12-32)21-16-19(31)10-11-22(21)41-4/h7,10-11,13-14,16,20,23H,5-6,8-9,15,17H2,1-4H3,(H,34,39)/t23-/m0/s1. The molecule has 0 spiro atoms. The number of fused-ring (bicyclic) bond motifs is 1. The molecule has 4 aromatic rings. The van der Waals surface area contributed by atoms with Gasteiger partial charge in [-0.25, -0.2) is 18.4 Å². The van der Waals surface area contributed by atoms with Crippen molar-refractivity contribution in [3.8, 4) is 16.8 Å². The maximum absolute atomic E-state index is 14.5. The average molecular weight is 609 g/mol. The zero-order chi connectivity index (χ0) is 30.9. The van der Waals surface area contributed by atoms with E-state index in [9.17, 15) is 18.8 Å². The highest BCUT2D eigenvalue weighted by atomic mass is 32.1. The summed E-state index contributed by atoms with van der Waals surface area (Å²) in [6, 6.07) is 7.75. The molecule has 5 rings (SSSR count). The summed E-state index contributed by atoms with van der Waals surface area (Å²) < 4.78 is 30.0. The molecule has 1 atom stereocenters. The Morgan fingerprint density at radius 2 is 2.09 bits per heavy atom. The van der Waals surface area contributed by atoms with Gasteiger partial charge in [-0.2, -0.15) is 10.4 Å². The predicted octanol–water partition coefficient (Wildman–Crippen LogP) is 3.94. The summed E-state index contributed by atoms with van der Waals surface area (Å²) >= 11 is 1.20. The lowest BCUT2D eigenvalue weighted by atomic mass is 9.91. The molecule has 0 unspecified atom stereocenters. The number of nitrogens with one attached hydrogen (secondary N) is 1. The van der Waals surface area contributed by atoms with Crippen molar-refractivity contribution in [1.82, 2.24) is 24.2 Å². The number of carbonyl (C=O) groups is 1. The first-order chi connectivity index (χ1) is 20.6. The van der Waals surface area contributed by atoms with Gasteiger partial charge in [-0.1, -0.05) is 11.3 Å².